The smallest absolute Gasteiger partial charge is 0.161 e. The van der Waals surface area contributed by atoms with Crippen molar-refractivity contribution in [2.75, 3.05) is 0 Å². The zero-order valence-electron chi connectivity index (χ0n) is 40.2. The Morgan fingerprint density at radius 1 is 0.378 bits per heavy atom. The maximum atomic E-state index is 10.2. The molecular weight excluding hydrogens is 901 g/mol. The summed E-state index contributed by atoms with van der Waals surface area (Å²) in [5.41, 5.74) is 16.1. The van der Waals surface area contributed by atoms with E-state index in [1.807, 2.05) is 85.2 Å². The van der Waals surface area contributed by atoms with E-state index in [1.165, 1.54) is 0 Å². The largest absolute Gasteiger partial charge is 0.308 e. The summed E-state index contributed by atoms with van der Waals surface area (Å²) in [6.07, 6.45) is 3.76. The van der Waals surface area contributed by atoms with Crippen LogP contribution in [0.1, 0.15) is 16.7 Å². The van der Waals surface area contributed by atoms with Gasteiger partial charge < -0.3 is 4.57 Å². The Morgan fingerprint density at radius 3 is 1.15 bits per heavy atom. The highest BCUT2D eigenvalue weighted by Gasteiger charge is 2.23. The number of hydrogen-bond acceptors (Lipinski definition) is 2. The first-order chi connectivity index (χ1) is 36.6. The minimum absolute atomic E-state index is 0.0220. The first-order valence-corrected chi connectivity index (χ1v) is 24.8. The Bertz CT molecular complexity index is 4080. The van der Waals surface area contributed by atoms with Crippen LogP contribution >= 0.6 is 0 Å². The fourth-order valence-corrected chi connectivity index (χ4v) is 10.3. The predicted octanol–water partition coefficient (Wildman–Crippen LogP) is 16.8. The summed E-state index contributed by atoms with van der Waals surface area (Å²) in [5.74, 6) is 1.02. The van der Waals surface area contributed by atoms with E-state index in [2.05, 4.69) is 197 Å². The van der Waals surface area contributed by atoms with Gasteiger partial charge in [-0.15, -0.1) is 0 Å². The summed E-state index contributed by atoms with van der Waals surface area (Å²) in [6.45, 7) is 0. The molecule has 13 rings (SSSR count). The number of fused-ring (bicyclic) bond motifs is 6. The molecule has 0 fully saturated rings. The molecule has 6 heteroatoms. The summed E-state index contributed by atoms with van der Waals surface area (Å²) >= 11 is 0. The standard InChI is InChI=1S/C68H46N6/c69-66(72-67(51-29-17-6-18-30-51)70-44-46-19-7-1-8-20-46)61-43-56(73-62-35-31-52(47-21-9-2-10-22-47)39-57(62)58-40-53(32-36-63(58)73)48-23-11-3-12-24-48)45-71-68(61)74-64-37-33-54(49-25-13-4-14-26-49)41-59(64)60-42-55(34-38-65(60)74)50-27-15-5-16-28-50/h1-45,69H. The molecule has 0 amide bonds. The highest BCUT2D eigenvalue weighted by atomic mass is 15.1. The molecule has 0 aliphatic rings. The van der Waals surface area contributed by atoms with Crippen LogP contribution in [-0.4, -0.2) is 32.0 Å². The highest BCUT2D eigenvalue weighted by Crippen LogP contribution is 2.40. The molecule has 10 aromatic carbocycles. The number of amidine groups is 2. The maximum Gasteiger partial charge on any atom is 0.161 e. The van der Waals surface area contributed by atoms with Gasteiger partial charge in [0.05, 0.1) is 39.5 Å². The molecule has 0 bridgehead atoms. The van der Waals surface area contributed by atoms with E-state index in [1.54, 1.807) is 0 Å². The summed E-state index contributed by atoms with van der Waals surface area (Å²) in [4.78, 5) is 15.6. The van der Waals surface area contributed by atoms with Crippen molar-refractivity contribution >= 4 is 61.5 Å². The lowest BCUT2D eigenvalue weighted by molar-refractivity contribution is 1.04. The second-order valence-corrected chi connectivity index (χ2v) is 18.4. The van der Waals surface area contributed by atoms with Crippen molar-refractivity contribution in [3.05, 3.63) is 284 Å². The van der Waals surface area contributed by atoms with Crippen molar-refractivity contribution in [1.82, 2.24) is 14.1 Å². The van der Waals surface area contributed by atoms with Crippen LogP contribution in [-0.2, 0) is 0 Å². The summed E-state index contributed by atoms with van der Waals surface area (Å²) in [7, 11) is 0. The predicted molar refractivity (Wildman–Crippen MR) is 309 cm³/mol. The van der Waals surface area contributed by atoms with Gasteiger partial charge in [-0.1, -0.05) is 206 Å². The Kier molecular flexibility index (Phi) is 11.2. The van der Waals surface area contributed by atoms with Crippen molar-refractivity contribution in [1.29, 1.82) is 5.41 Å². The van der Waals surface area contributed by atoms with Crippen LogP contribution < -0.4 is 0 Å². The molecule has 0 saturated carbocycles. The SMILES string of the molecule is N=C(N=C(N=Cc1ccccc1)c1ccccc1)c1cc(-n2c3ccc(-c4ccccc4)cc3c3cc(-c4ccccc4)ccc32)cnc1-n1c2ccc(-c3ccccc3)cc2c2cc(-c3ccccc3)ccc21. The Morgan fingerprint density at radius 2 is 0.743 bits per heavy atom. The minimum Gasteiger partial charge on any atom is -0.308 e. The van der Waals surface area contributed by atoms with Gasteiger partial charge in [0.1, 0.15) is 5.82 Å². The molecule has 0 atom stereocenters. The minimum atomic E-state index is 0.0220. The molecule has 74 heavy (non-hydrogen) atoms. The van der Waals surface area contributed by atoms with Gasteiger partial charge >= 0.3 is 0 Å². The molecule has 0 spiro atoms. The average Bonchev–Trinajstić information content (AvgIpc) is 3.98. The topological polar surface area (TPSA) is 71.3 Å². The van der Waals surface area contributed by atoms with Gasteiger partial charge in [-0.25, -0.2) is 15.0 Å². The van der Waals surface area contributed by atoms with Gasteiger partial charge in [-0.05, 0) is 105 Å². The summed E-state index contributed by atoms with van der Waals surface area (Å²) < 4.78 is 4.48. The molecule has 1 N–H and O–H groups in total. The van der Waals surface area contributed by atoms with Crippen LogP contribution in [0.15, 0.2) is 277 Å². The second-order valence-electron chi connectivity index (χ2n) is 18.4. The van der Waals surface area contributed by atoms with Crippen LogP contribution in [0.25, 0.3) is 99.6 Å². The normalized spacial score (nSPS) is 11.9. The van der Waals surface area contributed by atoms with Crippen molar-refractivity contribution in [2.24, 2.45) is 9.98 Å². The van der Waals surface area contributed by atoms with E-state index < -0.39 is 0 Å². The second kappa shape index (κ2) is 18.9. The summed E-state index contributed by atoms with van der Waals surface area (Å²) in [6, 6.07) is 90.8. The molecule has 13 aromatic rings. The Balaban J connectivity index is 1.07. The van der Waals surface area contributed by atoms with Crippen LogP contribution in [0.2, 0.25) is 0 Å². The van der Waals surface area contributed by atoms with Gasteiger partial charge in [0.25, 0.3) is 0 Å². The van der Waals surface area contributed by atoms with Crippen LogP contribution in [0.4, 0.5) is 0 Å². The van der Waals surface area contributed by atoms with Crippen molar-refractivity contribution in [3.8, 4) is 56.0 Å². The molecule has 0 radical (unpaired) electrons. The van der Waals surface area contributed by atoms with Gasteiger partial charge in [-0.2, -0.15) is 0 Å². The number of aliphatic imine (C=N–C) groups is 2. The third-order valence-electron chi connectivity index (χ3n) is 13.9. The fourth-order valence-electron chi connectivity index (χ4n) is 10.3. The molecule has 0 unspecified atom stereocenters. The third kappa shape index (κ3) is 8.16. The number of rotatable bonds is 9. The first-order valence-electron chi connectivity index (χ1n) is 24.8. The Hall–Kier alpha value is -10.0. The zero-order valence-corrected chi connectivity index (χ0v) is 40.2. The number of hydrogen-bond donors (Lipinski definition) is 1. The van der Waals surface area contributed by atoms with Gasteiger partial charge in [0.2, 0.25) is 0 Å². The van der Waals surface area contributed by atoms with Crippen molar-refractivity contribution in [2.45, 2.75) is 0 Å². The molecule has 0 aliphatic carbocycles. The van der Waals surface area contributed by atoms with Gasteiger partial charge in [0, 0.05) is 33.3 Å². The van der Waals surface area contributed by atoms with E-state index in [-0.39, 0.29) is 5.84 Å². The third-order valence-corrected chi connectivity index (χ3v) is 13.9. The lowest BCUT2D eigenvalue weighted by Gasteiger charge is -2.16. The van der Waals surface area contributed by atoms with Gasteiger partial charge in [-0.3, -0.25) is 9.98 Å². The number of aromatic nitrogens is 3. The lowest BCUT2D eigenvalue weighted by Crippen LogP contribution is -2.11. The van der Waals surface area contributed by atoms with Crippen LogP contribution in [0.5, 0.6) is 0 Å². The van der Waals surface area contributed by atoms with E-state index in [0.29, 0.717) is 17.2 Å². The molecule has 0 aliphatic heterocycles. The lowest BCUT2D eigenvalue weighted by atomic mass is 10.0. The summed E-state index contributed by atoms with van der Waals surface area (Å²) in [5, 5.41) is 14.6. The quantitative estimate of drug-likeness (QED) is 0.114. The number of pyridine rings is 1. The van der Waals surface area contributed by atoms with Crippen molar-refractivity contribution in [3.63, 3.8) is 0 Å². The van der Waals surface area contributed by atoms with E-state index in [9.17, 15) is 5.41 Å². The molecule has 3 aromatic heterocycles. The maximum absolute atomic E-state index is 10.2. The van der Waals surface area contributed by atoms with E-state index >= 15 is 0 Å². The molecule has 348 valence electrons. The first kappa shape index (κ1) is 43.9. The Labute approximate surface area is 428 Å². The number of benzene rings is 10. The molecule has 0 saturated heterocycles. The van der Waals surface area contributed by atoms with Crippen LogP contribution in [0.3, 0.4) is 0 Å². The molecule has 3 heterocycles. The zero-order chi connectivity index (χ0) is 49.4. The average molecular weight is 947 g/mol. The van der Waals surface area contributed by atoms with Crippen molar-refractivity contribution < 1.29 is 0 Å². The van der Waals surface area contributed by atoms with Crippen LogP contribution in [0, 0.1) is 5.41 Å². The van der Waals surface area contributed by atoms with E-state index in [0.717, 1.165) is 105 Å². The highest BCUT2D eigenvalue weighted by molar-refractivity contribution is 6.17. The fraction of sp³-hybridized carbons (Fsp3) is 0. The molecule has 6 nitrogen and oxygen atoms in total. The monoisotopic (exact) mass is 946 g/mol. The molecular formula is C68H46N6. The number of nitrogens with zero attached hydrogens (tertiary/aromatic N) is 5. The van der Waals surface area contributed by atoms with Gasteiger partial charge in [0.15, 0.2) is 11.7 Å². The number of nitrogens with one attached hydrogen (secondary N) is 1. The van der Waals surface area contributed by atoms with E-state index in [4.69, 9.17) is 15.0 Å².